The van der Waals surface area contributed by atoms with Crippen molar-refractivity contribution in [2.75, 3.05) is 32.0 Å². The Labute approximate surface area is 138 Å². The van der Waals surface area contributed by atoms with Crippen LogP contribution >= 0.6 is 0 Å². The second-order valence-electron chi connectivity index (χ2n) is 5.88. The van der Waals surface area contributed by atoms with E-state index in [1.165, 1.54) is 0 Å². The van der Waals surface area contributed by atoms with Crippen molar-refractivity contribution in [2.45, 2.75) is 37.5 Å². The van der Waals surface area contributed by atoms with Crippen LogP contribution in [-0.2, 0) is 14.8 Å². The lowest BCUT2D eigenvalue weighted by Crippen LogP contribution is -2.32. The van der Waals surface area contributed by atoms with Crippen molar-refractivity contribution in [3.8, 4) is 0 Å². The molecule has 1 saturated heterocycles. The van der Waals surface area contributed by atoms with E-state index in [1.807, 2.05) is 0 Å². The fourth-order valence-electron chi connectivity index (χ4n) is 2.74. The largest absolute Gasteiger partial charge is 0.325 e. The molecular weight excluding hydrogens is 314 g/mol. The molecule has 2 rings (SSSR count). The molecule has 0 spiro atoms. The molecule has 0 aliphatic carbocycles. The topological polar surface area (TPSA) is 78.5 Å². The molecule has 1 heterocycles. The van der Waals surface area contributed by atoms with Crippen LogP contribution in [0, 0.1) is 6.92 Å². The van der Waals surface area contributed by atoms with Crippen LogP contribution in [0.3, 0.4) is 0 Å². The van der Waals surface area contributed by atoms with Gasteiger partial charge in [-0.15, -0.1) is 0 Å². The van der Waals surface area contributed by atoms with E-state index in [2.05, 4.69) is 10.6 Å². The first-order valence-electron chi connectivity index (χ1n) is 8.00. The fourth-order valence-corrected chi connectivity index (χ4v) is 4.51. The van der Waals surface area contributed by atoms with Crippen LogP contribution in [0.15, 0.2) is 23.1 Å². The van der Waals surface area contributed by atoms with Gasteiger partial charge in [-0.25, -0.2) is 8.42 Å². The summed E-state index contributed by atoms with van der Waals surface area (Å²) in [6.07, 6.45) is 3.95. The lowest BCUT2D eigenvalue weighted by molar-refractivity contribution is -0.115. The number of anilines is 1. The molecule has 7 heteroatoms. The molecule has 1 aliphatic heterocycles. The van der Waals surface area contributed by atoms with Gasteiger partial charge in [0.2, 0.25) is 15.9 Å². The predicted molar refractivity (Wildman–Crippen MR) is 91.0 cm³/mol. The lowest BCUT2D eigenvalue weighted by atomic mass is 10.2. The van der Waals surface area contributed by atoms with Gasteiger partial charge in [0.15, 0.2) is 0 Å². The monoisotopic (exact) mass is 339 g/mol. The highest BCUT2D eigenvalue weighted by molar-refractivity contribution is 7.89. The van der Waals surface area contributed by atoms with Gasteiger partial charge < -0.3 is 10.6 Å². The second kappa shape index (κ2) is 7.90. The number of carbonyl (C=O) groups is 1. The molecule has 128 valence electrons. The van der Waals surface area contributed by atoms with E-state index in [9.17, 15) is 13.2 Å². The number of rotatable bonds is 5. The maximum atomic E-state index is 12.9. The zero-order chi connectivity index (χ0) is 16.9. The van der Waals surface area contributed by atoms with Gasteiger partial charge >= 0.3 is 0 Å². The average Bonchev–Trinajstić information content (AvgIpc) is 2.79. The minimum atomic E-state index is -3.52. The second-order valence-corrected chi connectivity index (χ2v) is 7.78. The molecule has 1 aliphatic rings. The molecule has 0 radical (unpaired) electrons. The summed E-state index contributed by atoms with van der Waals surface area (Å²) >= 11 is 0. The molecule has 2 N–H and O–H groups in total. The van der Waals surface area contributed by atoms with Crippen LogP contribution in [0.4, 0.5) is 5.69 Å². The Balaban J connectivity index is 2.27. The zero-order valence-electron chi connectivity index (χ0n) is 13.8. The van der Waals surface area contributed by atoms with Crippen LogP contribution in [0.1, 0.15) is 31.2 Å². The number of nitrogens with one attached hydrogen (secondary N) is 2. The number of hydrogen-bond donors (Lipinski definition) is 2. The zero-order valence-corrected chi connectivity index (χ0v) is 14.6. The number of sulfonamides is 1. The molecule has 23 heavy (non-hydrogen) atoms. The number of nitrogens with zero attached hydrogens (tertiary/aromatic N) is 1. The van der Waals surface area contributed by atoms with E-state index in [0.29, 0.717) is 24.3 Å². The molecule has 1 amide bonds. The maximum Gasteiger partial charge on any atom is 0.243 e. The molecule has 1 aromatic carbocycles. The Hall–Kier alpha value is -1.44. The standard InChI is InChI=1S/C16H25N3O3S/c1-13-7-8-14(18-16(20)12-17-2)11-15(13)23(21,22)19-9-5-3-4-6-10-19/h7-8,11,17H,3-6,9-10,12H2,1-2H3,(H,18,20). The first-order valence-corrected chi connectivity index (χ1v) is 9.44. The number of amides is 1. The molecule has 0 saturated carbocycles. The molecule has 0 aromatic heterocycles. The molecule has 0 unspecified atom stereocenters. The predicted octanol–water partition coefficient (Wildman–Crippen LogP) is 1.72. The number of hydrogen-bond acceptors (Lipinski definition) is 4. The van der Waals surface area contributed by atoms with Gasteiger partial charge in [0, 0.05) is 18.8 Å². The fraction of sp³-hybridized carbons (Fsp3) is 0.562. The minimum Gasteiger partial charge on any atom is -0.325 e. The first-order chi connectivity index (χ1) is 10.9. The van der Waals surface area contributed by atoms with Crippen molar-refractivity contribution in [2.24, 2.45) is 0 Å². The highest BCUT2D eigenvalue weighted by atomic mass is 32.2. The summed E-state index contributed by atoms with van der Waals surface area (Å²) in [5.74, 6) is -0.200. The van der Waals surface area contributed by atoms with Gasteiger partial charge in [0.1, 0.15) is 0 Å². The van der Waals surface area contributed by atoms with Crippen molar-refractivity contribution < 1.29 is 13.2 Å². The summed E-state index contributed by atoms with van der Waals surface area (Å²) in [6.45, 7) is 3.10. The highest BCUT2D eigenvalue weighted by Gasteiger charge is 2.27. The summed E-state index contributed by atoms with van der Waals surface area (Å²) in [5, 5.41) is 5.48. The van der Waals surface area contributed by atoms with Crippen molar-refractivity contribution in [1.29, 1.82) is 0 Å². The maximum absolute atomic E-state index is 12.9. The van der Waals surface area contributed by atoms with Crippen molar-refractivity contribution in [3.63, 3.8) is 0 Å². The van der Waals surface area contributed by atoms with Crippen molar-refractivity contribution in [3.05, 3.63) is 23.8 Å². The van der Waals surface area contributed by atoms with Crippen LogP contribution < -0.4 is 10.6 Å². The quantitative estimate of drug-likeness (QED) is 0.856. The average molecular weight is 339 g/mol. The lowest BCUT2D eigenvalue weighted by Gasteiger charge is -2.21. The van der Waals surface area contributed by atoms with Gasteiger partial charge in [-0.2, -0.15) is 4.31 Å². The third kappa shape index (κ3) is 4.53. The number of benzene rings is 1. The van der Waals surface area contributed by atoms with Gasteiger partial charge in [-0.1, -0.05) is 18.9 Å². The van der Waals surface area contributed by atoms with Crippen molar-refractivity contribution >= 4 is 21.6 Å². The smallest absolute Gasteiger partial charge is 0.243 e. The van der Waals surface area contributed by atoms with E-state index < -0.39 is 10.0 Å². The SMILES string of the molecule is CNCC(=O)Nc1ccc(C)c(S(=O)(=O)N2CCCCCC2)c1. The Kier molecular flexibility index (Phi) is 6.15. The number of aryl methyl sites for hydroxylation is 1. The van der Waals surface area contributed by atoms with Gasteiger partial charge in [0.05, 0.1) is 11.4 Å². The number of likely N-dealkylation sites (N-methyl/N-ethyl adjacent to an activating group) is 1. The van der Waals surface area contributed by atoms with E-state index >= 15 is 0 Å². The van der Waals surface area contributed by atoms with Gasteiger partial charge in [-0.05, 0) is 44.5 Å². The third-order valence-electron chi connectivity index (χ3n) is 3.99. The van der Waals surface area contributed by atoms with Crippen LogP contribution in [0.2, 0.25) is 0 Å². The third-order valence-corrected chi connectivity index (χ3v) is 6.03. The van der Waals surface area contributed by atoms with Gasteiger partial charge in [0.25, 0.3) is 0 Å². The van der Waals surface area contributed by atoms with Crippen LogP contribution in [0.5, 0.6) is 0 Å². The van der Waals surface area contributed by atoms with E-state index in [-0.39, 0.29) is 17.3 Å². The Bertz CT molecular complexity index is 651. The molecule has 6 nitrogen and oxygen atoms in total. The van der Waals surface area contributed by atoms with E-state index in [0.717, 1.165) is 25.7 Å². The normalized spacial score (nSPS) is 16.8. The Morgan fingerprint density at radius 1 is 1.17 bits per heavy atom. The van der Waals surface area contributed by atoms with Crippen molar-refractivity contribution in [1.82, 2.24) is 9.62 Å². The van der Waals surface area contributed by atoms with E-state index in [4.69, 9.17) is 0 Å². The van der Waals surface area contributed by atoms with E-state index in [1.54, 1.807) is 36.5 Å². The highest BCUT2D eigenvalue weighted by Crippen LogP contribution is 2.25. The Morgan fingerprint density at radius 3 is 2.43 bits per heavy atom. The van der Waals surface area contributed by atoms with Crippen LogP contribution in [0.25, 0.3) is 0 Å². The molecule has 1 aromatic rings. The summed E-state index contributed by atoms with van der Waals surface area (Å²) in [6, 6.07) is 5.02. The molecule has 0 bridgehead atoms. The summed E-state index contributed by atoms with van der Waals surface area (Å²) in [7, 11) is -1.84. The van der Waals surface area contributed by atoms with Gasteiger partial charge in [-0.3, -0.25) is 4.79 Å². The first kappa shape index (κ1) is 17.9. The minimum absolute atomic E-state index is 0.183. The molecule has 1 fully saturated rings. The molecule has 0 atom stereocenters. The summed E-state index contributed by atoms with van der Waals surface area (Å²) < 4.78 is 27.4. The Morgan fingerprint density at radius 2 is 1.83 bits per heavy atom. The van der Waals surface area contributed by atoms with Crippen LogP contribution in [-0.4, -0.2) is 45.3 Å². The summed E-state index contributed by atoms with van der Waals surface area (Å²) in [5.41, 5.74) is 1.20. The summed E-state index contributed by atoms with van der Waals surface area (Å²) in [4.78, 5) is 12.0. The molecular formula is C16H25N3O3S. The number of carbonyl (C=O) groups excluding carboxylic acids is 1.